The summed E-state index contributed by atoms with van der Waals surface area (Å²) in [6.07, 6.45) is 0. The summed E-state index contributed by atoms with van der Waals surface area (Å²) in [5.41, 5.74) is 5.48. The monoisotopic (exact) mass is 380 g/mol. The minimum absolute atomic E-state index is 0.0125. The van der Waals surface area contributed by atoms with Gasteiger partial charge in [0.2, 0.25) is 6.79 Å². The minimum atomic E-state index is -1.09. The molecule has 9 heteroatoms. The molecule has 0 aliphatic carbocycles. The second kappa shape index (κ2) is 5.74. The van der Waals surface area contributed by atoms with Gasteiger partial charge in [-0.05, 0) is 29.8 Å². The van der Waals surface area contributed by atoms with E-state index in [0.717, 1.165) is 0 Å². The smallest absolute Gasteiger partial charge is 0.344 e. The van der Waals surface area contributed by atoms with E-state index in [-0.39, 0.29) is 24.0 Å². The summed E-state index contributed by atoms with van der Waals surface area (Å²) < 4.78 is 21.6. The van der Waals surface area contributed by atoms with Crippen LogP contribution >= 0.6 is 0 Å². The van der Waals surface area contributed by atoms with Gasteiger partial charge in [-0.25, -0.2) is 4.79 Å². The van der Waals surface area contributed by atoms with E-state index in [9.17, 15) is 14.9 Å². The number of para-hydroxylation sites is 1. The third-order valence-corrected chi connectivity index (χ3v) is 4.75. The number of nitrogens with two attached hydrogens (primary N) is 1. The van der Waals surface area contributed by atoms with Gasteiger partial charge in [-0.3, -0.25) is 10.1 Å². The van der Waals surface area contributed by atoms with Gasteiger partial charge in [-0.15, -0.1) is 0 Å². The topological polar surface area (TPSA) is 127 Å². The Hall–Kier alpha value is -4.01. The van der Waals surface area contributed by atoms with Gasteiger partial charge in [0.25, 0.3) is 5.88 Å². The summed E-state index contributed by atoms with van der Waals surface area (Å²) in [4.78, 5) is 23.9. The van der Waals surface area contributed by atoms with E-state index in [0.29, 0.717) is 28.0 Å². The average molecular weight is 380 g/mol. The van der Waals surface area contributed by atoms with Gasteiger partial charge < -0.3 is 24.4 Å². The van der Waals surface area contributed by atoms with Crippen molar-refractivity contribution in [2.75, 3.05) is 6.79 Å². The van der Waals surface area contributed by atoms with Crippen LogP contribution in [0, 0.1) is 10.1 Å². The van der Waals surface area contributed by atoms with Gasteiger partial charge in [0.15, 0.2) is 17.2 Å². The molecule has 28 heavy (non-hydrogen) atoms. The summed E-state index contributed by atoms with van der Waals surface area (Å²) in [6, 6.07) is 11.6. The molecule has 3 aromatic rings. The fourth-order valence-corrected chi connectivity index (χ4v) is 3.55. The number of nitrogens with zero attached hydrogens (tertiary/aromatic N) is 1. The molecule has 0 amide bonds. The van der Waals surface area contributed by atoms with Crippen molar-refractivity contribution in [3.8, 4) is 17.2 Å². The van der Waals surface area contributed by atoms with Crippen LogP contribution in [0.25, 0.3) is 11.0 Å². The molecule has 3 heterocycles. The molecule has 0 bridgehead atoms. The normalized spacial score (nSPS) is 17.4. The fraction of sp³-hybridized carbons (Fsp3) is 0.105. The number of hydrogen-bond donors (Lipinski definition) is 1. The van der Waals surface area contributed by atoms with Crippen molar-refractivity contribution < 1.29 is 23.6 Å². The Bertz CT molecular complexity index is 1240. The zero-order valence-electron chi connectivity index (χ0n) is 14.2. The van der Waals surface area contributed by atoms with Crippen molar-refractivity contribution in [2.45, 2.75) is 5.92 Å². The Kier molecular flexibility index (Phi) is 3.32. The van der Waals surface area contributed by atoms with Crippen molar-refractivity contribution in [2.24, 2.45) is 5.73 Å². The molecule has 2 N–H and O–H groups in total. The van der Waals surface area contributed by atoms with Crippen LogP contribution in [-0.4, -0.2) is 11.7 Å². The Morgan fingerprint density at radius 2 is 1.89 bits per heavy atom. The first-order valence-electron chi connectivity index (χ1n) is 8.32. The lowest BCUT2D eigenvalue weighted by atomic mass is 9.86. The number of benzene rings is 2. The molecule has 1 atom stereocenters. The lowest BCUT2D eigenvalue weighted by molar-refractivity contribution is -0.432. The first-order chi connectivity index (χ1) is 13.5. The molecule has 5 rings (SSSR count). The summed E-state index contributed by atoms with van der Waals surface area (Å²) in [7, 11) is 0. The highest BCUT2D eigenvalue weighted by atomic mass is 16.7. The lowest BCUT2D eigenvalue weighted by Crippen LogP contribution is -2.29. The molecule has 140 valence electrons. The Morgan fingerprint density at radius 3 is 2.71 bits per heavy atom. The summed E-state index contributed by atoms with van der Waals surface area (Å²) in [5.74, 6) is -0.374. The first-order valence-corrected chi connectivity index (χ1v) is 8.32. The highest BCUT2D eigenvalue weighted by Gasteiger charge is 2.42. The maximum absolute atomic E-state index is 12.8. The van der Waals surface area contributed by atoms with Crippen LogP contribution < -0.4 is 25.6 Å². The lowest BCUT2D eigenvalue weighted by Gasteiger charge is -2.24. The van der Waals surface area contributed by atoms with E-state index in [4.69, 9.17) is 24.4 Å². The van der Waals surface area contributed by atoms with E-state index in [1.807, 2.05) is 0 Å². The molecular weight excluding hydrogens is 368 g/mol. The van der Waals surface area contributed by atoms with Crippen LogP contribution in [0.3, 0.4) is 0 Å². The molecule has 9 nitrogen and oxygen atoms in total. The van der Waals surface area contributed by atoms with Gasteiger partial charge in [0.1, 0.15) is 11.5 Å². The van der Waals surface area contributed by atoms with Gasteiger partial charge in [-0.1, -0.05) is 18.2 Å². The summed E-state index contributed by atoms with van der Waals surface area (Å²) in [6.45, 7) is 0.0516. The summed E-state index contributed by atoms with van der Waals surface area (Å²) >= 11 is 0. The maximum Gasteiger partial charge on any atom is 0.344 e. The Labute approximate surface area is 156 Å². The number of ether oxygens (including phenoxy) is 3. The highest BCUT2D eigenvalue weighted by molar-refractivity contribution is 5.85. The van der Waals surface area contributed by atoms with Crippen molar-refractivity contribution in [3.05, 3.63) is 85.7 Å². The zero-order valence-corrected chi connectivity index (χ0v) is 14.2. The minimum Gasteiger partial charge on any atom is -0.454 e. The molecule has 2 aliphatic heterocycles. The Balaban J connectivity index is 1.83. The van der Waals surface area contributed by atoms with Crippen LogP contribution in [0.15, 0.2) is 63.3 Å². The van der Waals surface area contributed by atoms with E-state index >= 15 is 0 Å². The molecule has 2 aliphatic rings. The molecule has 0 spiro atoms. The van der Waals surface area contributed by atoms with Crippen LogP contribution in [0.5, 0.6) is 17.2 Å². The maximum atomic E-state index is 12.8. The quantitative estimate of drug-likeness (QED) is 0.408. The molecule has 0 saturated carbocycles. The molecule has 2 aromatic carbocycles. The first kappa shape index (κ1) is 16.2. The molecule has 1 aromatic heterocycles. The largest absolute Gasteiger partial charge is 0.454 e. The second-order valence-corrected chi connectivity index (χ2v) is 6.28. The highest BCUT2D eigenvalue weighted by Crippen LogP contribution is 2.45. The average Bonchev–Trinajstić information content (AvgIpc) is 3.14. The number of nitro groups is 1. The van der Waals surface area contributed by atoms with Crippen LogP contribution in [-0.2, 0) is 0 Å². The standard InChI is InChI=1S/C19H12N2O7/c20-18-16(21(23)24)14(9-5-6-12-13(7-9)26-8-25-12)15-17(28-18)10-3-1-2-4-11(10)27-19(15)22/h1-7,14H,8,20H2/t14-/m0/s1. The zero-order chi connectivity index (χ0) is 19.4. The Morgan fingerprint density at radius 1 is 1.11 bits per heavy atom. The van der Waals surface area contributed by atoms with Crippen LogP contribution in [0.1, 0.15) is 17.0 Å². The number of fused-ring (bicyclic) bond motifs is 4. The van der Waals surface area contributed by atoms with Crippen molar-refractivity contribution >= 4 is 11.0 Å². The van der Waals surface area contributed by atoms with E-state index < -0.39 is 22.2 Å². The van der Waals surface area contributed by atoms with Gasteiger partial charge in [-0.2, -0.15) is 0 Å². The van der Waals surface area contributed by atoms with Crippen molar-refractivity contribution in [3.63, 3.8) is 0 Å². The third kappa shape index (κ3) is 2.22. The van der Waals surface area contributed by atoms with E-state index in [1.165, 1.54) is 0 Å². The van der Waals surface area contributed by atoms with Gasteiger partial charge in [0, 0.05) is 0 Å². The molecular formula is C19H12N2O7. The van der Waals surface area contributed by atoms with E-state index in [2.05, 4.69) is 0 Å². The molecule has 0 unspecified atom stereocenters. The summed E-state index contributed by atoms with van der Waals surface area (Å²) in [5, 5.41) is 12.3. The predicted octanol–water partition coefficient (Wildman–Crippen LogP) is 2.45. The van der Waals surface area contributed by atoms with Gasteiger partial charge in [0.05, 0.1) is 15.9 Å². The number of allylic oxidation sites excluding steroid dienone is 1. The third-order valence-electron chi connectivity index (χ3n) is 4.75. The van der Waals surface area contributed by atoms with Crippen molar-refractivity contribution in [1.82, 2.24) is 0 Å². The number of rotatable bonds is 2. The van der Waals surface area contributed by atoms with Crippen LogP contribution in [0.4, 0.5) is 0 Å². The fourth-order valence-electron chi connectivity index (χ4n) is 3.55. The molecule has 0 fully saturated rings. The predicted molar refractivity (Wildman–Crippen MR) is 95.7 cm³/mol. The van der Waals surface area contributed by atoms with E-state index in [1.54, 1.807) is 42.5 Å². The molecule has 0 saturated heterocycles. The molecule has 0 radical (unpaired) electrons. The second-order valence-electron chi connectivity index (χ2n) is 6.28. The van der Waals surface area contributed by atoms with Crippen LogP contribution in [0.2, 0.25) is 0 Å². The number of hydrogen-bond acceptors (Lipinski definition) is 8. The SMILES string of the molecule is NC1=C([N+](=O)[O-])[C@@H](c2ccc3c(c2)OCO3)c2c(c3ccccc3oc2=O)O1. The van der Waals surface area contributed by atoms with Gasteiger partial charge >= 0.3 is 11.3 Å². The van der Waals surface area contributed by atoms with Crippen molar-refractivity contribution in [1.29, 1.82) is 0 Å².